The molecular formula is C15H18FN5. The van der Waals surface area contributed by atoms with Crippen LogP contribution in [-0.2, 0) is 13.1 Å². The molecule has 0 fully saturated rings. The van der Waals surface area contributed by atoms with Gasteiger partial charge in [-0.25, -0.2) is 9.38 Å². The third-order valence-electron chi connectivity index (χ3n) is 2.73. The lowest BCUT2D eigenvalue weighted by molar-refractivity contribution is 0.592. The average Bonchev–Trinajstić information content (AvgIpc) is 2.52. The standard InChI is InChI=1S/C15H18FN5/c1-2-17-15(20-10-12-6-3-4-8-18-12)21-11-14-13(16)7-5-9-19-14/h3-9H,2,10-11H2,1H3,(H2,17,20,21). The van der Waals surface area contributed by atoms with E-state index in [-0.39, 0.29) is 12.4 Å². The summed E-state index contributed by atoms with van der Waals surface area (Å²) >= 11 is 0. The number of aliphatic imine (C=N–C) groups is 1. The van der Waals surface area contributed by atoms with Crippen molar-refractivity contribution in [1.29, 1.82) is 0 Å². The predicted octanol–water partition coefficient (Wildman–Crippen LogP) is 1.87. The molecule has 0 bridgehead atoms. The minimum absolute atomic E-state index is 0.278. The minimum Gasteiger partial charge on any atom is -0.357 e. The molecule has 21 heavy (non-hydrogen) atoms. The Morgan fingerprint density at radius 3 is 2.71 bits per heavy atom. The van der Waals surface area contributed by atoms with E-state index in [1.807, 2.05) is 25.1 Å². The summed E-state index contributed by atoms with van der Waals surface area (Å²) in [6.07, 6.45) is 3.30. The van der Waals surface area contributed by atoms with E-state index in [4.69, 9.17) is 0 Å². The zero-order chi connectivity index (χ0) is 14.9. The van der Waals surface area contributed by atoms with Gasteiger partial charge in [-0.3, -0.25) is 9.97 Å². The maximum Gasteiger partial charge on any atom is 0.191 e. The van der Waals surface area contributed by atoms with Gasteiger partial charge in [0, 0.05) is 18.9 Å². The maximum absolute atomic E-state index is 13.5. The Morgan fingerprint density at radius 1 is 1.14 bits per heavy atom. The van der Waals surface area contributed by atoms with Gasteiger partial charge < -0.3 is 10.6 Å². The summed E-state index contributed by atoms with van der Waals surface area (Å²) in [5.74, 6) is 0.277. The number of hydrogen-bond acceptors (Lipinski definition) is 3. The van der Waals surface area contributed by atoms with Crippen LogP contribution in [-0.4, -0.2) is 22.5 Å². The molecule has 6 heteroatoms. The van der Waals surface area contributed by atoms with Gasteiger partial charge in [-0.1, -0.05) is 6.07 Å². The van der Waals surface area contributed by atoms with Crippen molar-refractivity contribution in [3.63, 3.8) is 0 Å². The van der Waals surface area contributed by atoms with Crippen LogP contribution in [0.3, 0.4) is 0 Å². The monoisotopic (exact) mass is 287 g/mol. The van der Waals surface area contributed by atoms with Gasteiger partial charge in [0.15, 0.2) is 5.96 Å². The van der Waals surface area contributed by atoms with Crippen molar-refractivity contribution < 1.29 is 4.39 Å². The van der Waals surface area contributed by atoms with Crippen molar-refractivity contribution in [2.24, 2.45) is 4.99 Å². The van der Waals surface area contributed by atoms with Crippen molar-refractivity contribution in [1.82, 2.24) is 20.6 Å². The van der Waals surface area contributed by atoms with Crippen molar-refractivity contribution in [3.05, 3.63) is 59.9 Å². The fourth-order valence-electron chi connectivity index (χ4n) is 1.71. The van der Waals surface area contributed by atoms with E-state index in [2.05, 4.69) is 25.6 Å². The average molecular weight is 287 g/mol. The molecule has 0 spiro atoms. The first-order valence-corrected chi connectivity index (χ1v) is 6.81. The van der Waals surface area contributed by atoms with Gasteiger partial charge in [0.1, 0.15) is 5.82 Å². The molecular weight excluding hydrogens is 269 g/mol. The van der Waals surface area contributed by atoms with Crippen LogP contribution in [0.15, 0.2) is 47.7 Å². The number of hydrogen-bond donors (Lipinski definition) is 2. The molecule has 2 aromatic heterocycles. The maximum atomic E-state index is 13.5. The second-order valence-corrected chi connectivity index (χ2v) is 4.30. The van der Waals surface area contributed by atoms with Crippen LogP contribution < -0.4 is 10.6 Å². The second kappa shape index (κ2) is 7.94. The van der Waals surface area contributed by atoms with E-state index >= 15 is 0 Å². The lowest BCUT2D eigenvalue weighted by Gasteiger charge is -2.11. The Morgan fingerprint density at radius 2 is 2.00 bits per heavy atom. The number of guanidine groups is 1. The van der Waals surface area contributed by atoms with E-state index in [0.29, 0.717) is 18.2 Å². The van der Waals surface area contributed by atoms with Crippen LogP contribution in [0, 0.1) is 5.82 Å². The highest BCUT2D eigenvalue weighted by Gasteiger charge is 2.04. The first-order chi connectivity index (χ1) is 10.3. The van der Waals surface area contributed by atoms with E-state index < -0.39 is 0 Å². The van der Waals surface area contributed by atoms with Crippen molar-refractivity contribution in [3.8, 4) is 0 Å². The Hall–Kier alpha value is -2.50. The number of halogens is 1. The third kappa shape index (κ3) is 4.83. The molecule has 2 heterocycles. The quantitative estimate of drug-likeness (QED) is 0.651. The highest BCUT2D eigenvalue weighted by Crippen LogP contribution is 2.01. The Bertz CT molecular complexity index is 586. The van der Waals surface area contributed by atoms with Crippen LogP contribution in [0.25, 0.3) is 0 Å². The van der Waals surface area contributed by atoms with Crippen LogP contribution >= 0.6 is 0 Å². The number of nitrogens with one attached hydrogen (secondary N) is 2. The summed E-state index contributed by atoms with van der Waals surface area (Å²) < 4.78 is 13.5. The first kappa shape index (κ1) is 14.9. The highest BCUT2D eigenvalue weighted by atomic mass is 19.1. The number of pyridine rings is 2. The smallest absolute Gasteiger partial charge is 0.191 e. The molecule has 110 valence electrons. The predicted molar refractivity (Wildman–Crippen MR) is 80.1 cm³/mol. The fraction of sp³-hybridized carbons (Fsp3) is 0.267. The molecule has 2 N–H and O–H groups in total. The lowest BCUT2D eigenvalue weighted by Crippen LogP contribution is -2.37. The second-order valence-electron chi connectivity index (χ2n) is 4.30. The zero-order valence-corrected chi connectivity index (χ0v) is 11.9. The zero-order valence-electron chi connectivity index (χ0n) is 11.9. The lowest BCUT2D eigenvalue weighted by atomic mass is 10.3. The minimum atomic E-state index is -0.328. The Balaban J connectivity index is 1.97. The molecule has 0 aliphatic rings. The van der Waals surface area contributed by atoms with E-state index in [1.54, 1.807) is 18.5 Å². The van der Waals surface area contributed by atoms with Crippen LogP contribution in [0.1, 0.15) is 18.3 Å². The Labute approximate surface area is 123 Å². The highest BCUT2D eigenvalue weighted by molar-refractivity contribution is 5.79. The summed E-state index contributed by atoms with van der Waals surface area (Å²) in [7, 11) is 0. The summed E-state index contributed by atoms with van der Waals surface area (Å²) in [5.41, 5.74) is 1.24. The molecule has 0 aliphatic carbocycles. The Kier molecular flexibility index (Phi) is 5.63. The summed E-state index contributed by atoms with van der Waals surface area (Å²) in [6, 6.07) is 8.65. The van der Waals surface area contributed by atoms with Crippen LogP contribution in [0.2, 0.25) is 0 Å². The number of nitrogens with zero attached hydrogens (tertiary/aromatic N) is 3. The van der Waals surface area contributed by atoms with Gasteiger partial charge in [0.25, 0.3) is 0 Å². The molecule has 0 atom stereocenters. The van der Waals surface area contributed by atoms with Crippen LogP contribution in [0.4, 0.5) is 4.39 Å². The summed E-state index contributed by atoms with van der Waals surface area (Å²) in [5, 5.41) is 6.16. The topological polar surface area (TPSA) is 62.2 Å². The van der Waals surface area contributed by atoms with Gasteiger partial charge in [-0.05, 0) is 31.2 Å². The molecule has 0 unspecified atom stereocenters. The molecule has 0 saturated heterocycles. The molecule has 0 aromatic carbocycles. The van der Waals surface area contributed by atoms with Crippen molar-refractivity contribution in [2.75, 3.05) is 6.54 Å². The SMILES string of the molecule is CCNC(=NCc1ccccn1)NCc1ncccc1F. The third-order valence-corrected chi connectivity index (χ3v) is 2.73. The van der Waals surface area contributed by atoms with Gasteiger partial charge in [-0.2, -0.15) is 0 Å². The van der Waals surface area contributed by atoms with E-state index in [1.165, 1.54) is 6.07 Å². The summed E-state index contributed by atoms with van der Waals surface area (Å²) in [6.45, 7) is 3.43. The number of rotatable bonds is 5. The molecule has 5 nitrogen and oxygen atoms in total. The molecule has 0 amide bonds. The van der Waals surface area contributed by atoms with Crippen LogP contribution in [0.5, 0.6) is 0 Å². The number of aromatic nitrogens is 2. The molecule has 2 rings (SSSR count). The van der Waals surface area contributed by atoms with E-state index in [0.717, 1.165) is 12.2 Å². The molecule has 0 aliphatic heterocycles. The molecule has 0 saturated carbocycles. The molecule has 0 radical (unpaired) electrons. The van der Waals surface area contributed by atoms with Gasteiger partial charge in [0.05, 0.1) is 24.5 Å². The molecule has 2 aromatic rings. The normalized spacial score (nSPS) is 11.2. The first-order valence-electron chi connectivity index (χ1n) is 6.81. The van der Waals surface area contributed by atoms with Gasteiger partial charge >= 0.3 is 0 Å². The largest absolute Gasteiger partial charge is 0.357 e. The summed E-state index contributed by atoms with van der Waals surface area (Å²) in [4.78, 5) is 12.6. The van der Waals surface area contributed by atoms with Crippen molar-refractivity contribution in [2.45, 2.75) is 20.0 Å². The van der Waals surface area contributed by atoms with Gasteiger partial charge in [-0.15, -0.1) is 0 Å². The fourth-order valence-corrected chi connectivity index (χ4v) is 1.71. The van der Waals surface area contributed by atoms with E-state index in [9.17, 15) is 4.39 Å². The van der Waals surface area contributed by atoms with Crippen molar-refractivity contribution >= 4 is 5.96 Å². The van der Waals surface area contributed by atoms with Gasteiger partial charge in [0.2, 0.25) is 0 Å².